The number of benzene rings is 1. The van der Waals surface area contributed by atoms with Crippen LogP contribution in [-0.4, -0.2) is 28.3 Å². The van der Waals surface area contributed by atoms with Crippen molar-refractivity contribution in [1.29, 1.82) is 5.26 Å². The molecule has 30 heavy (non-hydrogen) atoms. The van der Waals surface area contributed by atoms with Crippen molar-refractivity contribution in [2.45, 2.75) is 51.6 Å². The van der Waals surface area contributed by atoms with E-state index in [1.165, 1.54) is 0 Å². The maximum Gasteiger partial charge on any atom is 0.137 e. The zero-order chi connectivity index (χ0) is 21.1. The molecule has 1 aliphatic carbocycles. The fraction of sp³-hybridized carbons (Fsp3) is 0.391. The molecular weight excluding hydrogens is 376 g/mol. The second-order valence-corrected chi connectivity index (χ2v) is 7.80. The van der Waals surface area contributed by atoms with E-state index in [0.29, 0.717) is 18.2 Å². The third kappa shape index (κ3) is 3.91. The highest BCUT2D eigenvalue weighted by Gasteiger charge is 2.23. The third-order valence-corrected chi connectivity index (χ3v) is 5.75. The fourth-order valence-electron chi connectivity index (χ4n) is 4.11. The van der Waals surface area contributed by atoms with Gasteiger partial charge < -0.3 is 21.1 Å². The lowest BCUT2D eigenvalue weighted by molar-refractivity contribution is 0.340. The Morgan fingerprint density at radius 1 is 1.20 bits per heavy atom. The number of nitrogens with zero attached hydrogens (tertiary/aromatic N) is 3. The van der Waals surface area contributed by atoms with Crippen LogP contribution in [0.4, 0.5) is 17.2 Å². The van der Waals surface area contributed by atoms with Crippen LogP contribution in [0.25, 0.3) is 5.52 Å². The maximum absolute atomic E-state index is 9.91. The van der Waals surface area contributed by atoms with Gasteiger partial charge in [0.05, 0.1) is 24.0 Å². The van der Waals surface area contributed by atoms with Crippen LogP contribution >= 0.6 is 0 Å². The van der Waals surface area contributed by atoms with E-state index in [4.69, 9.17) is 10.5 Å². The van der Waals surface area contributed by atoms with Gasteiger partial charge in [-0.1, -0.05) is 0 Å². The van der Waals surface area contributed by atoms with Crippen LogP contribution in [-0.2, 0) is 0 Å². The second-order valence-electron chi connectivity index (χ2n) is 7.80. The third-order valence-electron chi connectivity index (χ3n) is 5.75. The number of nitriles is 1. The molecule has 0 aliphatic heterocycles. The average molecular weight is 405 g/mol. The lowest BCUT2D eigenvalue weighted by atomic mass is 9.91. The Hall–Kier alpha value is -3.24. The topological polar surface area (TPSA) is 100 Å². The minimum absolute atomic E-state index is 0.286. The number of hydrogen-bond acceptors (Lipinski definition) is 6. The summed E-state index contributed by atoms with van der Waals surface area (Å²) in [7, 11) is 0. The molecule has 4 rings (SSSR count). The van der Waals surface area contributed by atoms with Crippen LogP contribution in [0, 0.1) is 18.3 Å². The summed E-state index contributed by atoms with van der Waals surface area (Å²) in [5.41, 5.74) is 10.2. The molecule has 2 heterocycles. The molecule has 2 aromatic heterocycles. The molecule has 0 atom stereocenters. The minimum atomic E-state index is 0.286. The standard InChI is InChI=1S/C23H28N6O/c1-3-30-19-10-8-18(9-11-19)28-23-15(2)22(27-17-6-4-16(25)5-7-17)20(14-24)21-12-13-26-29(21)23/h8-13,16-17,27-28H,3-7,25H2,1-2H3/t16-,17-. The summed E-state index contributed by atoms with van der Waals surface area (Å²) in [5.74, 6) is 1.68. The van der Waals surface area contributed by atoms with Crippen LogP contribution in [0.1, 0.15) is 43.7 Å². The summed E-state index contributed by atoms with van der Waals surface area (Å²) < 4.78 is 7.33. The Bertz CT molecular complexity index is 1060. The van der Waals surface area contributed by atoms with Gasteiger partial charge in [0, 0.05) is 23.3 Å². The molecule has 0 unspecified atom stereocenters. The van der Waals surface area contributed by atoms with E-state index in [1.54, 1.807) is 10.7 Å². The second kappa shape index (κ2) is 8.64. The van der Waals surface area contributed by atoms with Gasteiger partial charge in [0.15, 0.2) is 0 Å². The molecule has 7 heteroatoms. The molecule has 1 fully saturated rings. The highest BCUT2D eigenvalue weighted by molar-refractivity contribution is 5.82. The van der Waals surface area contributed by atoms with Gasteiger partial charge in [0.1, 0.15) is 23.2 Å². The van der Waals surface area contributed by atoms with Gasteiger partial charge >= 0.3 is 0 Å². The number of fused-ring (bicyclic) bond motifs is 1. The molecule has 7 nitrogen and oxygen atoms in total. The van der Waals surface area contributed by atoms with Crippen molar-refractivity contribution in [3.63, 3.8) is 0 Å². The number of pyridine rings is 1. The van der Waals surface area contributed by atoms with Crippen molar-refractivity contribution in [2.75, 3.05) is 17.2 Å². The molecule has 0 spiro atoms. The number of aromatic nitrogens is 2. The zero-order valence-electron chi connectivity index (χ0n) is 17.5. The summed E-state index contributed by atoms with van der Waals surface area (Å²) in [6, 6.07) is 12.7. The van der Waals surface area contributed by atoms with Gasteiger partial charge in [-0.2, -0.15) is 10.4 Å². The Labute approximate surface area is 176 Å². The smallest absolute Gasteiger partial charge is 0.137 e. The van der Waals surface area contributed by atoms with Gasteiger partial charge in [-0.15, -0.1) is 0 Å². The first kappa shape index (κ1) is 20.0. The van der Waals surface area contributed by atoms with Gasteiger partial charge in [-0.3, -0.25) is 0 Å². The molecule has 1 aliphatic rings. The predicted octanol–water partition coefficient (Wildman–Crippen LogP) is 4.34. The number of nitrogens with two attached hydrogens (primary N) is 1. The van der Waals surface area contributed by atoms with E-state index in [9.17, 15) is 5.26 Å². The lowest BCUT2D eigenvalue weighted by Crippen LogP contribution is -2.33. The number of anilines is 3. The molecule has 0 saturated heterocycles. The number of rotatable bonds is 6. The summed E-state index contributed by atoms with van der Waals surface area (Å²) in [4.78, 5) is 0. The van der Waals surface area contributed by atoms with Crippen LogP contribution in [0.3, 0.4) is 0 Å². The van der Waals surface area contributed by atoms with Crippen molar-refractivity contribution in [3.8, 4) is 11.8 Å². The zero-order valence-corrected chi connectivity index (χ0v) is 17.5. The first-order valence-corrected chi connectivity index (χ1v) is 10.5. The lowest BCUT2D eigenvalue weighted by Gasteiger charge is -2.29. The Kier molecular flexibility index (Phi) is 5.77. The highest BCUT2D eigenvalue weighted by Crippen LogP contribution is 2.35. The molecule has 4 N–H and O–H groups in total. The SMILES string of the molecule is CCOc1ccc(Nc2c(C)c(N[C@H]3CC[C@H](N)CC3)c(C#N)c3ccnn23)cc1. The number of ether oxygens (including phenoxy) is 1. The van der Waals surface area contributed by atoms with Crippen LogP contribution in [0.15, 0.2) is 36.5 Å². The van der Waals surface area contributed by atoms with Gasteiger partial charge in [-0.25, -0.2) is 4.52 Å². The minimum Gasteiger partial charge on any atom is -0.494 e. The molecule has 156 valence electrons. The molecule has 3 aromatic rings. The predicted molar refractivity (Wildman–Crippen MR) is 119 cm³/mol. The quantitative estimate of drug-likeness (QED) is 0.565. The number of nitrogens with one attached hydrogen (secondary N) is 2. The summed E-state index contributed by atoms with van der Waals surface area (Å²) in [6.07, 6.45) is 5.76. The van der Waals surface area contributed by atoms with E-state index >= 15 is 0 Å². The Morgan fingerprint density at radius 3 is 2.60 bits per heavy atom. The first-order valence-electron chi connectivity index (χ1n) is 10.5. The number of hydrogen-bond donors (Lipinski definition) is 3. The summed E-state index contributed by atoms with van der Waals surface area (Å²) in [5, 5.41) is 21.5. The monoisotopic (exact) mass is 404 g/mol. The summed E-state index contributed by atoms with van der Waals surface area (Å²) >= 11 is 0. The van der Waals surface area contributed by atoms with Gasteiger partial charge in [-0.05, 0) is 69.9 Å². The van der Waals surface area contributed by atoms with E-state index in [-0.39, 0.29) is 6.04 Å². The molecule has 1 saturated carbocycles. The molecule has 1 aromatic carbocycles. The van der Waals surface area contributed by atoms with Gasteiger partial charge in [0.2, 0.25) is 0 Å². The fourth-order valence-corrected chi connectivity index (χ4v) is 4.11. The van der Waals surface area contributed by atoms with Crippen LogP contribution in [0.2, 0.25) is 0 Å². The maximum atomic E-state index is 9.91. The van der Waals surface area contributed by atoms with Crippen LogP contribution < -0.4 is 21.1 Å². The molecular formula is C23H28N6O. The van der Waals surface area contributed by atoms with E-state index in [2.05, 4.69) is 21.8 Å². The normalized spacial score (nSPS) is 18.7. The molecule has 0 bridgehead atoms. The van der Waals surface area contributed by atoms with Crippen molar-refractivity contribution in [2.24, 2.45) is 5.73 Å². The average Bonchev–Trinajstić information content (AvgIpc) is 3.23. The van der Waals surface area contributed by atoms with Crippen molar-refractivity contribution in [1.82, 2.24) is 9.61 Å². The highest BCUT2D eigenvalue weighted by atomic mass is 16.5. The molecule has 0 amide bonds. The molecule has 0 radical (unpaired) electrons. The largest absolute Gasteiger partial charge is 0.494 e. The van der Waals surface area contributed by atoms with Crippen molar-refractivity contribution < 1.29 is 4.74 Å². The van der Waals surface area contributed by atoms with E-state index in [1.807, 2.05) is 44.2 Å². The summed E-state index contributed by atoms with van der Waals surface area (Å²) in [6.45, 7) is 4.63. The van der Waals surface area contributed by atoms with E-state index in [0.717, 1.165) is 59.7 Å². The van der Waals surface area contributed by atoms with E-state index < -0.39 is 0 Å². The Morgan fingerprint density at radius 2 is 1.93 bits per heavy atom. The van der Waals surface area contributed by atoms with Crippen molar-refractivity contribution >= 4 is 22.7 Å². The van der Waals surface area contributed by atoms with Crippen LogP contribution in [0.5, 0.6) is 5.75 Å². The van der Waals surface area contributed by atoms with Crippen molar-refractivity contribution in [3.05, 3.63) is 47.7 Å². The van der Waals surface area contributed by atoms with Gasteiger partial charge in [0.25, 0.3) is 0 Å². The Balaban J connectivity index is 1.71. The first-order chi connectivity index (χ1) is 14.6.